The Morgan fingerprint density at radius 3 is 2.88 bits per heavy atom. The summed E-state index contributed by atoms with van der Waals surface area (Å²) < 4.78 is 8.30. The van der Waals surface area contributed by atoms with Crippen LogP contribution < -0.4 is 19.6 Å². The van der Waals surface area contributed by atoms with Crippen molar-refractivity contribution in [3.05, 3.63) is 85.4 Å². The van der Waals surface area contributed by atoms with Crippen LogP contribution >= 0.6 is 11.3 Å². The lowest BCUT2D eigenvalue weighted by Crippen LogP contribution is -2.29. The van der Waals surface area contributed by atoms with Crippen LogP contribution in [0.25, 0.3) is 6.08 Å². The number of hydrogen-bond acceptors (Lipinski definition) is 4. The molecule has 0 bridgehead atoms. The highest BCUT2D eigenvalue weighted by Gasteiger charge is 2.09. The Kier molecular flexibility index (Phi) is 4.01. The Labute approximate surface area is 143 Å². The van der Waals surface area contributed by atoms with E-state index in [-0.39, 0.29) is 5.56 Å². The molecule has 0 radical (unpaired) electrons. The predicted octanol–water partition coefficient (Wildman–Crippen LogP) is 1.95. The molecular weight excluding hydrogens is 320 g/mol. The van der Waals surface area contributed by atoms with Gasteiger partial charge in [-0.05, 0) is 29.3 Å². The molecule has 0 unspecified atom stereocenters. The van der Waals surface area contributed by atoms with Gasteiger partial charge in [0.25, 0.3) is 5.56 Å². The molecular formula is C19H16N2O2S. The van der Waals surface area contributed by atoms with Gasteiger partial charge in [-0.1, -0.05) is 53.8 Å². The average Bonchev–Trinajstić information content (AvgIpc) is 3.18. The second-order valence-corrected chi connectivity index (χ2v) is 6.59. The normalized spacial score (nSPS) is 13.6. The third kappa shape index (κ3) is 3.03. The Balaban J connectivity index is 1.59. The van der Waals surface area contributed by atoms with Gasteiger partial charge in [0.15, 0.2) is 4.80 Å². The molecule has 2 aromatic carbocycles. The van der Waals surface area contributed by atoms with Crippen molar-refractivity contribution in [1.82, 2.24) is 4.57 Å². The number of nitrogens with zero attached hydrogens (tertiary/aromatic N) is 2. The van der Waals surface area contributed by atoms with Gasteiger partial charge >= 0.3 is 0 Å². The summed E-state index contributed by atoms with van der Waals surface area (Å²) in [6.45, 7) is 1.93. The quantitative estimate of drug-likeness (QED) is 0.731. The van der Waals surface area contributed by atoms with Crippen LogP contribution in [-0.2, 0) is 13.2 Å². The lowest BCUT2D eigenvalue weighted by Gasteiger charge is -2.06. The van der Waals surface area contributed by atoms with Crippen molar-refractivity contribution in [1.29, 1.82) is 0 Å². The zero-order valence-corrected chi connectivity index (χ0v) is 13.8. The van der Waals surface area contributed by atoms with Gasteiger partial charge in [-0.2, -0.15) is 0 Å². The van der Waals surface area contributed by atoms with Crippen LogP contribution in [0.4, 0.5) is 0 Å². The molecule has 0 spiro atoms. The summed E-state index contributed by atoms with van der Waals surface area (Å²) in [5, 5.41) is 0. The minimum atomic E-state index is 0.0480. The van der Waals surface area contributed by atoms with E-state index in [2.05, 4.69) is 4.99 Å². The minimum Gasteiger partial charge on any atom is -0.489 e. The fourth-order valence-electron chi connectivity index (χ4n) is 2.66. The second-order valence-electron chi connectivity index (χ2n) is 5.58. The molecule has 4 rings (SSSR count). The van der Waals surface area contributed by atoms with Crippen LogP contribution in [-0.4, -0.2) is 11.1 Å². The first-order valence-corrected chi connectivity index (χ1v) is 8.64. The number of ether oxygens (including phenoxy) is 1. The molecule has 0 atom stereocenters. The standard InChI is InChI=1S/C19H16N2O2S/c22-18-17(24-19-20-9-10-21(18)19)12-15-7-4-8-16(11-15)23-13-14-5-2-1-3-6-14/h1-8,11-12H,9-10,13H2/b17-12-. The molecule has 5 heteroatoms. The predicted molar refractivity (Wildman–Crippen MR) is 95.0 cm³/mol. The summed E-state index contributed by atoms with van der Waals surface area (Å²) in [5.41, 5.74) is 2.13. The lowest BCUT2D eigenvalue weighted by molar-refractivity contribution is 0.306. The molecule has 1 aliphatic heterocycles. The van der Waals surface area contributed by atoms with Crippen molar-refractivity contribution in [2.75, 3.05) is 6.54 Å². The van der Waals surface area contributed by atoms with Gasteiger partial charge in [0.05, 0.1) is 11.1 Å². The molecule has 1 aliphatic rings. The highest BCUT2D eigenvalue weighted by molar-refractivity contribution is 7.07. The summed E-state index contributed by atoms with van der Waals surface area (Å²) in [4.78, 5) is 17.5. The molecule has 1 aromatic heterocycles. The Bertz CT molecular complexity index is 1040. The lowest BCUT2D eigenvalue weighted by atomic mass is 10.2. The third-order valence-corrected chi connectivity index (χ3v) is 4.91. The first-order chi connectivity index (χ1) is 11.8. The van der Waals surface area contributed by atoms with Gasteiger partial charge in [0.1, 0.15) is 12.4 Å². The third-order valence-electron chi connectivity index (χ3n) is 3.86. The van der Waals surface area contributed by atoms with Gasteiger partial charge in [-0.25, -0.2) is 0 Å². The molecule has 4 nitrogen and oxygen atoms in total. The van der Waals surface area contributed by atoms with Crippen LogP contribution in [0, 0.1) is 0 Å². The molecule has 0 saturated heterocycles. The molecule has 120 valence electrons. The molecule has 2 heterocycles. The maximum atomic E-state index is 12.3. The van der Waals surface area contributed by atoms with E-state index < -0.39 is 0 Å². The van der Waals surface area contributed by atoms with E-state index in [0.29, 0.717) is 24.2 Å². The molecule has 0 amide bonds. The van der Waals surface area contributed by atoms with Crippen LogP contribution in [0.2, 0.25) is 0 Å². The van der Waals surface area contributed by atoms with Crippen LogP contribution in [0.5, 0.6) is 5.75 Å². The summed E-state index contributed by atoms with van der Waals surface area (Å²) in [5.74, 6) is 0.793. The van der Waals surface area contributed by atoms with E-state index in [4.69, 9.17) is 4.74 Å². The van der Waals surface area contributed by atoms with Crippen molar-refractivity contribution >= 4 is 17.4 Å². The number of aromatic nitrogens is 1. The number of thiazole rings is 1. The summed E-state index contributed by atoms with van der Waals surface area (Å²) >= 11 is 1.45. The largest absolute Gasteiger partial charge is 0.489 e. The van der Waals surface area contributed by atoms with Gasteiger partial charge < -0.3 is 4.74 Å². The topological polar surface area (TPSA) is 43.6 Å². The van der Waals surface area contributed by atoms with E-state index in [0.717, 1.165) is 21.7 Å². The molecule has 0 fully saturated rings. The Morgan fingerprint density at radius 1 is 1.17 bits per heavy atom. The van der Waals surface area contributed by atoms with E-state index in [1.807, 2.05) is 60.7 Å². The molecule has 0 saturated carbocycles. The minimum absolute atomic E-state index is 0.0480. The Morgan fingerprint density at radius 2 is 2.04 bits per heavy atom. The van der Waals surface area contributed by atoms with Gasteiger partial charge in [0, 0.05) is 6.54 Å². The molecule has 3 aromatic rings. The van der Waals surface area contributed by atoms with Crippen molar-refractivity contribution in [3.8, 4) is 5.75 Å². The number of benzene rings is 2. The van der Waals surface area contributed by atoms with Crippen LogP contribution in [0.1, 0.15) is 11.1 Å². The smallest absolute Gasteiger partial charge is 0.270 e. The highest BCUT2D eigenvalue weighted by Crippen LogP contribution is 2.15. The molecule has 24 heavy (non-hydrogen) atoms. The van der Waals surface area contributed by atoms with E-state index in [1.54, 1.807) is 4.57 Å². The van der Waals surface area contributed by atoms with Crippen molar-refractivity contribution < 1.29 is 4.74 Å². The highest BCUT2D eigenvalue weighted by atomic mass is 32.1. The van der Waals surface area contributed by atoms with Crippen molar-refractivity contribution in [2.45, 2.75) is 13.2 Å². The monoisotopic (exact) mass is 336 g/mol. The van der Waals surface area contributed by atoms with Crippen molar-refractivity contribution in [2.24, 2.45) is 4.99 Å². The van der Waals surface area contributed by atoms with E-state index in [9.17, 15) is 4.79 Å². The van der Waals surface area contributed by atoms with Crippen LogP contribution in [0.15, 0.2) is 64.4 Å². The number of hydrogen-bond donors (Lipinski definition) is 0. The average molecular weight is 336 g/mol. The zero-order chi connectivity index (χ0) is 16.4. The molecule has 0 N–H and O–H groups in total. The fraction of sp³-hybridized carbons (Fsp3) is 0.158. The number of fused-ring (bicyclic) bond motifs is 1. The molecule has 0 aliphatic carbocycles. The van der Waals surface area contributed by atoms with E-state index in [1.165, 1.54) is 11.3 Å². The first kappa shape index (κ1) is 14.9. The summed E-state index contributed by atoms with van der Waals surface area (Å²) in [6, 6.07) is 17.8. The van der Waals surface area contributed by atoms with Gasteiger partial charge in [-0.3, -0.25) is 14.4 Å². The fourth-order valence-corrected chi connectivity index (χ4v) is 3.68. The SMILES string of the molecule is O=c1/c(=C/c2cccc(OCc3ccccc3)c2)sc2n1CCN=2. The number of rotatable bonds is 4. The van der Waals surface area contributed by atoms with Gasteiger partial charge in [0.2, 0.25) is 0 Å². The maximum Gasteiger partial charge on any atom is 0.270 e. The first-order valence-electron chi connectivity index (χ1n) is 7.82. The maximum absolute atomic E-state index is 12.3. The van der Waals surface area contributed by atoms with Crippen LogP contribution in [0.3, 0.4) is 0 Å². The second kappa shape index (κ2) is 6.45. The van der Waals surface area contributed by atoms with Gasteiger partial charge in [-0.15, -0.1) is 0 Å². The van der Waals surface area contributed by atoms with E-state index >= 15 is 0 Å². The summed E-state index contributed by atoms with van der Waals surface area (Å²) in [6.07, 6.45) is 1.91. The summed E-state index contributed by atoms with van der Waals surface area (Å²) in [7, 11) is 0. The zero-order valence-electron chi connectivity index (χ0n) is 13.0. The van der Waals surface area contributed by atoms with Crippen molar-refractivity contribution in [3.63, 3.8) is 0 Å². The Hall–Kier alpha value is -2.66.